The first kappa shape index (κ1) is 34.8. The summed E-state index contributed by atoms with van der Waals surface area (Å²) in [5, 5.41) is 27.5. The fourth-order valence-electron chi connectivity index (χ4n) is 3.32. The third-order valence-electron chi connectivity index (χ3n) is 5.25. The Hall–Kier alpha value is -4.19. The number of aliphatic hydroxyl groups is 1. The molecule has 3 aromatic carbocycles. The zero-order valence-corrected chi connectivity index (χ0v) is 23.7. The lowest BCUT2D eigenvalue weighted by Gasteiger charge is -2.14. The van der Waals surface area contributed by atoms with Crippen molar-refractivity contribution in [3.8, 4) is 11.8 Å². The molecule has 0 saturated heterocycles. The minimum absolute atomic E-state index is 0. The predicted octanol–water partition coefficient (Wildman–Crippen LogP) is 1.54. The number of aliphatic hydroxyl groups excluding tert-OH is 1. The molecule has 0 bridgehead atoms. The van der Waals surface area contributed by atoms with Crippen molar-refractivity contribution in [2.75, 3.05) is 42.5 Å². The molecule has 0 heterocycles. The lowest BCUT2D eigenvalue weighted by molar-refractivity contribution is 0.0949. The van der Waals surface area contributed by atoms with Gasteiger partial charge in [-0.05, 0) is 72.8 Å². The number of nitriles is 1. The molecule has 3 aromatic rings. The van der Waals surface area contributed by atoms with E-state index in [1.165, 1.54) is 24.3 Å². The van der Waals surface area contributed by atoms with E-state index in [0.717, 1.165) is 6.26 Å². The van der Waals surface area contributed by atoms with Gasteiger partial charge < -0.3 is 31.3 Å². The zero-order chi connectivity index (χ0) is 28.3. The van der Waals surface area contributed by atoms with E-state index in [-0.39, 0.29) is 42.8 Å². The van der Waals surface area contributed by atoms with Crippen LogP contribution in [0.1, 0.15) is 26.3 Å². The number of nitrogens with zero attached hydrogens (tertiary/aromatic N) is 1. The molecule has 220 valence electrons. The number of nitrogens with one attached hydrogen (secondary N) is 4. The Bertz CT molecular complexity index is 1410. The molecule has 0 saturated carbocycles. The maximum Gasteiger partial charge on any atom is 0.255 e. The number of benzene rings is 3. The molecule has 0 fully saturated rings. The van der Waals surface area contributed by atoms with Gasteiger partial charge in [-0.15, -0.1) is 12.4 Å². The Balaban J connectivity index is 0.00000420. The number of carbonyl (C=O) groups is 2. The normalized spacial score (nSPS) is 11.0. The molecule has 0 aliphatic carbocycles. The number of ether oxygens (including phenoxy) is 1. The Morgan fingerprint density at radius 3 is 2.05 bits per heavy atom. The van der Waals surface area contributed by atoms with E-state index in [1.54, 1.807) is 48.5 Å². The molecule has 14 heteroatoms. The molecule has 3 rings (SSSR count). The Kier molecular flexibility index (Phi) is 14.3. The molecule has 1 unspecified atom stereocenters. The van der Waals surface area contributed by atoms with Gasteiger partial charge >= 0.3 is 0 Å². The molecular formula is C27H32ClN5O7S. The van der Waals surface area contributed by atoms with E-state index in [0.29, 0.717) is 46.9 Å². The van der Waals surface area contributed by atoms with E-state index in [4.69, 9.17) is 10.00 Å². The van der Waals surface area contributed by atoms with Crippen molar-refractivity contribution in [3.63, 3.8) is 0 Å². The highest BCUT2D eigenvalue weighted by Crippen LogP contribution is 2.17. The van der Waals surface area contributed by atoms with Gasteiger partial charge in [0, 0.05) is 42.1 Å². The summed E-state index contributed by atoms with van der Waals surface area (Å²) in [5.41, 5.74) is 2.24. The van der Waals surface area contributed by atoms with Crippen LogP contribution in [0.4, 0.5) is 11.4 Å². The van der Waals surface area contributed by atoms with Crippen LogP contribution in [-0.4, -0.2) is 69.4 Å². The average molecular weight is 606 g/mol. The van der Waals surface area contributed by atoms with Gasteiger partial charge in [-0.3, -0.25) is 14.3 Å². The first-order valence-corrected chi connectivity index (χ1v) is 13.8. The number of rotatable bonds is 13. The van der Waals surface area contributed by atoms with Crippen LogP contribution in [0.3, 0.4) is 0 Å². The minimum Gasteiger partial charge on any atom is -0.491 e. The van der Waals surface area contributed by atoms with Crippen LogP contribution in [0.15, 0.2) is 72.8 Å². The summed E-state index contributed by atoms with van der Waals surface area (Å²) >= 11 is 0. The van der Waals surface area contributed by atoms with Gasteiger partial charge in [0.1, 0.15) is 18.5 Å². The average Bonchev–Trinajstić information content (AvgIpc) is 2.92. The smallest absolute Gasteiger partial charge is 0.255 e. The zero-order valence-electron chi connectivity index (χ0n) is 22.1. The van der Waals surface area contributed by atoms with Crippen molar-refractivity contribution >= 4 is 45.6 Å². The van der Waals surface area contributed by atoms with Crippen molar-refractivity contribution in [2.24, 2.45) is 0 Å². The van der Waals surface area contributed by atoms with Crippen LogP contribution in [0.2, 0.25) is 0 Å². The van der Waals surface area contributed by atoms with Crippen LogP contribution in [0, 0.1) is 11.3 Å². The molecule has 41 heavy (non-hydrogen) atoms. The van der Waals surface area contributed by atoms with Crippen molar-refractivity contribution in [1.29, 1.82) is 5.26 Å². The van der Waals surface area contributed by atoms with E-state index >= 15 is 0 Å². The fraction of sp³-hybridized carbons (Fsp3) is 0.222. The molecule has 2 amide bonds. The van der Waals surface area contributed by atoms with Crippen LogP contribution < -0.4 is 25.4 Å². The summed E-state index contributed by atoms with van der Waals surface area (Å²) in [4.78, 5) is 24.5. The van der Waals surface area contributed by atoms with E-state index in [1.807, 2.05) is 6.07 Å². The highest BCUT2D eigenvalue weighted by Gasteiger charge is 2.09. The van der Waals surface area contributed by atoms with Gasteiger partial charge in [-0.2, -0.15) is 5.26 Å². The maximum absolute atomic E-state index is 12.3. The summed E-state index contributed by atoms with van der Waals surface area (Å²) in [7, 11) is -3.38. The third kappa shape index (κ3) is 12.2. The minimum atomic E-state index is -3.38. The van der Waals surface area contributed by atoms with Gasteiger partial charge in [0.25, 0.3) is 11.8 Å². The van der Waals surface area contributed by atoms with Crippen LogP contribution in [-0.2, 0) is 10.0 Å². The lowest BCUT2D eigenvalue weighted by Crippen LogP contribution is -2.37. The van der Waals surface area contributed by atoms with Crippen molar-refractivity contribution in [1.82, 2.24) is 10.6 Å². The molecule has 0 aliphatic rings. The van der Waals surface area contributed by atoms with Crippen LogP contribution in [0.25, 0.3) is 0 Å². The summed E-state index contributed by atoms with van der Waals surface area (Å²) in [6.45, 7) is 1.04. The van der Waals surface area contributed by atoms with Gasteiger partial charge in [0.2, 0.25) is 10.0 Å². The number of amides is 2. The van der Waals surface area contributed by atoms with E-state index in [2.05, 4.69) is 20.7 Å². The number of sulfonamides is 1. The summed E-state index contributed by atoms with van der Waals surface area (Å²) < 4.78 is 30.4. The molecular weight excluding hydrogens is 574 g/mol. The summed E-state index contributed by atoms with van der Waals surface area (Å²) in [6, 6.07) is 21.1. The summed E-state index contributed by atoms with van der Waals surface area (Å²) in [6.07, 6.45) is 0.261. The van der Waals surface area contributed by atoms with Crippen LogP contribution in [0.5, 0.6) is 5.75 Å². The first-order chi connectivity index (χ1) is 18.6. The summed E-state index contributed by atoms with van der Waals surface area (Å²) in [5.74, 6) is -0.0794. The highest BCUT2D eigenvalue weighted by atomic mass is 35.5. The Labute approximate surface area is 244 Å². The van der Waals surface area contributed by atoms with Crippen molar-refractivity contribution in [3.05, 3.63) is 89.5 Å². The Morgan fingerprint density at radius 2 is 1.46 bits per heavy atom. The molecule has 0 aliphatic heterocycles. The van der Waals surface area contributed by atoms with Crippen LogP contribution >= 0.6 is 12.4 Å². The topological polar surface area (TPSA) is 201 Å². The molecule has 0 spiro atoms. The molecule has 12 nitrogen and oxygen atoms in total. The SMILES string of the molecule is CS(=O)(=O)Nc1ccc(C(=O)NCCNCC(O)COc2ccc(NC(=O)c3ccc(C#N)cc3)cc2)cc1.Cl.O. The molecule has 0 radical (unpaired) electrons. The van der Waals surface area contributed by atoms with E-state index in [9.17, 15) is 23.1 Å². The van der Waals surface area contributed by atoms with Crippen molar-refractivity contribution in [2.45, 2.75) is 6.10 Å². The first-order valence-electron chi connectivity index (χ1n) is 11.9. The largest absolute Gasteiger partial charge is 0.491 e. The van der Waals surface area contributed by atoms with Gasteiger partial charge in [0.05, 0.1) is 17.9 Å². The van der Waals surface area contributed by atoms with Crippen molar-refractivity contribution < 1.29 is 33.3 Å². The second-order valence-corrected chi connectivity index (χ2v) is 10.3. The maximum atomic E-state index is 12.3. The monoisotopic (exact) mass is 605 g/mol. The Morgan fingerprint density at radius 1 is 0.902 bits per heavy atom. The third-order valence-corrected chi connectivity index (χ3v) is 5.85. The van der Waals surface area contributed by atoms with E-state index < -0.39 is 16.1 Å². The molecule has 1 atom stereocenters. The highest BCUT2D eigenvalue weighted by molar-refractivity contribution is 7.92. The number of hydrogen-bond donors (Lipinski definition) is 5. The second kappa shape index (κ2) is 16.8. The standard InChI is InChI=1S/C27H29N5O6S.ClH.H2O/c1-39(36,37)32-23-8-6-20(7-9-23)26(34)30-15-14-29-17-24(33)18-38-25-12-10-22(11-13-25)31-27(35)21-4-2-19(16-28)3-5-21;;/h2-13,24,29,32-33H,14-15,17-18H2,1H3,(H,30,34)(H,31,35);1H;1H2. The quantitative estimate of drug-likeness (QED) is 0.180. The molecule has 0 aromatic heterocycles. The predicted molar refractivity (Wildman–Crippen MR) is 158 cm³/mol. The number of halogens is 1. The van der Waals surface area contributed by atoms with Gasteiger partial charge in [0.15, 0.2) is 0 Å². The second-order valence-electron chi connectivity index (χ2n) is 8.54. The van der Waals surface area contributed by atoms with Gasteiger partial charge in [-0.25, -0.2) is 8.42 Å². The lowest BCUT2D eigenvalue weighted by atomic mass is 10.1. The number of carbonyl (C=O) groups excluding carboxylic acids is 2. The number of anilines is 2. The number of hydrogen-bond acceptors (Lipinski definition) is 8. The molecule has 7 N–H and O–H groups in total. The van der Waals surface area contributed by atoms with Gasteiger partial charge in [-0.1, -0.05) is 0 Å². The fourth-order valence-corrected chi connectivity index (χ4v) is 3.89.